The van der Waals surface area contributed by atoms with Gasteiger partial charge >= 0.3 is 6.09 Å². The van der Waals surface area contributed by atoms with E-state index in [4.69, 9.17) is 4.74 Å². The van der Waals surface area contributed by atoms with E-state index in [0.29, 0.717) is 12.4 Å². The van der Waals surface area contributed by atoms with Gasteiger partial charge in [-0.25, -0.2) is 9.78 Å². The van der Waals surface area contributed by atoms with Gasteiger partial charge in [0.25, 0.3) is 0 Å². The summed E-state index contributed by atoms with van der Waals surface area (Å²) in [7, 11) is 0. The molecule has 0 radical (unpaired) electrons. The molecule has 0 saturated heterocycles. The molecule has 7 heteroatoms. The average Bonchev–Trinajstić information content (AvgIpc) is 2.99. The fraction of sp³-hybridized carbons (Fsp3) is 0.444. The first kappa shape index (κ1) is 19.0. The van der Waals surface area contributed by atoms with Crippen LogP contribution in [0.15, 0.2) is 42.7 Å². The zero-order valence-electron chi connectivity index (χ0n) is 14.7. The fourth-order valence-corrected chi connectivity index (χ4v) is 2.36. The summed E-state index contributed by atoms with van der Waals surface area (Å²) in [5, 5.41) is 22.6. The quantitative estimate of drug-likeness (QED) is 0.741. The first-order valence-electron chi connectivity index (χ1n) is 8.13. The summed E-state index contributed by atoms with van der Waals surface area (Å²) in [4.78, 5) is 16.1. The predicted molar refractivity (Wildman–Crippen MR) is 93.0 cm³/mol. The molecule has 3 N–H and O–H groups in total. The Hall–Kier alpha value is -2.38. The number of carbonyl (C=O) groups excluding carboxylic acids is 1. The van der Waals surface area contributed by atoms with Crippen LogP contribution >= 0.6 is 0 Å². The number of amides is 1. The van der Waals surface area contributed by atoms with Crippen LogP contribution in [0, 0.1) is 0 Å². The van der Waals surface area contributed by atoms with Gasteiger partial charge in [-0.3, -0.25) is 0 Å². The summed E-state index contributed by atoms with van der Waals surface area (Å²) in [6, 6.07) is 8.81. The topological polar surface area (TPSA) is 96.6 Å². The third-order valence-corrected chi connectivity index (χ3v) is 3.49. The van der Waals surface area contributed by atoms with Gasteiger partial charge in [-0.15, -0.1) is 0 Å². The van der Waals surface area contributed by atoms with E-state index < -0.39 is 30.4 Å². The van der Waals surface area contributed by atoms with Crippen LogP contribution in [0.5, 0.6) is 0 Å². The standard InChI is InChI=1S/C18H25N3O4/c1-18(2,3)25-17(24)20-14(12-22)15(23)16-19-9-10-21(16)11-13-7-5-4-6-8-13/h4-10,14-15,22-23H,11-12H2,1-3H3,(H,20,24)/t14-,15-/m0/s1. The third kappa shape index (κ3) is 5.58. The number of hydrogen-bond donors (Lipinski definition) is 3. The van der Waals surface area contributed by atoms with Gasteiger partial charge in [0, 0.05) is 18.9 Å². The maximum atomic E-state index is 11.9. The number of aliphatic hydroxyl groups excluding tert-OH is 2. The Labute approximate surface area is 147 Å². The maximum Gasteiger partial charge on any atom is 0.408 e. The number of ether oxygens (including phenoxy) is 1. The Kier molecular flexibility index (Phi) is 6.17. The molecule has 0 fully saturated rings. The van der Waals surface area contributed by atoms with Gasteiger partial charge in [0.15, 0.2) is 0 Å². The second kappa shape index (κ2) is 8.13. The molecule has 2 rings (SSSR count). The summed E-state index contributed by atoms with van der Waals surface area (Å²) < 4.78 is 6.94. The normalized spacial score (nSPS) is 14.0. The van der Waals surface area contributed by atoms with Gasteiger partial charge in [-0.05, 0) is 26.3 Å². The molecule has 1 amide bonds. The molecule has 136 valence electrons. The van der Waals surface area contributed by atoms with E-state index in [1.807, 2.05) is 30.3 Å². The van der Waals surface area contributed by atoms with E-state index in [2.05, 4.69) is 10.3 Å². The van der Waals surface area contributed by atoms with Gasteiger partial charge in [0.2, 0.25) is 0 Å². The summed E-state index contributed by atoms with van der Waals surface area (Å²) in [5.41, 5.74) is 0.385. The molecule has 2 aromatic rings. The van der Waals surface area contributed by atoms with Crippen LogP contribution in [0.1, 0.15) is 38.3 Å². The average molecular weight is 347 g/mol. The molecule has 0 unspecified atom stereocenters. The zero-order valence-corrected chi connectivity index (χ0v) is 14.7. The Morgan fingerprint density at radius 2 is 2.00 bits per heavy atom. The number of hydrogen-bond acceptors (Lipinski definition) is 5. The summed E-state index contributed by atoms with van der Waals surface area (Å²) in [6.07, 6.45) is 1.44. The highest BCUT2D eigenvalue weighted by Crippen LogP contribution is 2.17. The minimum atomic E-state index is -1.17. The Morgan fingerprint density at radius 3 is 2.60 bits per heavy atom. The van der Waals surface area contributed by atoms with Gasteiger partial charge in [0.05, 0.1) is 12.6 Å². The molecule has 25 heavy (non-hydrogen) atoms. The highest BCUT2D eigenvalue weighted by Gasteiger charge is 2.28. The van der Waals surface area contributed by atoms with E-state index >= 15 is 0 Å². The number of imidazole rings is 1. The summed E-state index contributed by atoms with van der Waals surface area (Å²) in [5.74, 6) is 0.360. The van der Waals surface area contributed by atoms with E-state index in [1.54, 1.807) is 37.7 Å². The van der Waals surface area contributed by atoms with Gasteiger partial charge < -0.3 is 24.8 Å². The maximum absolute atomic E-state index is 11.9. The van der Waals surface area contributed by atoms with Crippen LogP contribution < -0.4 is 5.32 Å². The van der Waals surface area contributed by atoms with Crippen molar-refractivity contribution in [1.82, 2.24) is 14.9 Å². The second-order valence-corrected chi connectivity index (χ2v) is 6.78. The number of aromatic nitrogens is 2. The molecule has 7 nitrogen and oxygen atoms in total. The van der Waals surface area contributed by atoms with Crippen LogP contribution in [-0.4, -0.2) is 44.1 Å². The second-order valence-electron chi connectivity index (χ2n) is 6.78. The van der Waals surface area contributed by atoms with Crippen molar-refractivity contribution in [1.29, 1.82) is 0 Å². The lowest BCUT2D eigenvalue weighted by atomic mass is 10.1. The highest BCUT2D eigenvalue weighted by molar-refractivity contribution is 5.68. The predicted octanol–water partition coefficient (Wildman–Crippen LogP) is 1.85. The van der Waals surface area contributed by atoms with Crippen molar-refractivity contribution in [2.24, 2.45) is 0 Å². The van der Waals surface area contributed by atoms with Crippen molar-refractivity contribution in [3.63, 3.8) is 0 Å². The number of rotatable bonds is 6. The van der Waals surface area contributed by atoms with Crippen LogP contribution in [0.2, 0.25) is 0 Å². The summed E-state index contributed by atoms with van der Waals surface area (Å²) >= 11 is 0. The monoisotopic (exact) mass is 347 g/mol. The minimum Gasteiger partial charge on any atom is -0.444 e. The largest absolute Gasteiger partial charge is 0.444 e. The molecule has 0 spiro atoms. The molecule has 0 aliphatic heterocycles. The lowest BCUT2D eigenvalue weighted by Crippen LogP contribution is -2.45. The fourth-order valence-electron chi connectivity index (χ4n) is 2.36. The minimum absolute atomic E-state index is 0.360. The van der Waals surface area contributed by atoms with Crippen LogP contribution in [0.25, 0.3) is 0 Å². The van der Waals surface area contributed by atoms with Crippen molar-refractivity contribution < 1.29 is 19.7 Å². The zero-order chi connectivity index (χ0) is 18.4. The molecule has 0 saturated carbocycles. The van der Waals surface area contributed by atoms with Crippen molar-refractivity contribution in [3.8, 4) is 0 Å². The molecular weight excluding hydrogens is 322 g/mol. The summed E-state index contributed by atoms with van der Waals surface area (Å²) in [6.45, 7) is 5.30. The molecule has 0 aliphatic rings. The van der Waals surface area contributed by atoms with Crippen molar-refractivity contribution in [2.75, 3.05) is 6.61 Å². The lowest BCUT2D eigenvalue weighted by molar-refractivity contribution is 0.0329. The SMILES string of the molecule is CC(C)(C)OC(=O)N[C@@H](CO)[C@H](O)c1nccn1Cc1ccccc1. The highest BCUT2D eigenvalue weighted by atomic mass is 16.6. The molecule has 0 bridgehead atoms. The molecule has 1 heterocycles. The first-order valence-corrected chi connectivity index (χ1v) is 8.13. The van der Waals surface area contributed by atoms with Gasteiger partial charge in [-0.1, -0.05) is 30.3 Å². The Bertz CT molecular complexity index is 679. The number of aliphatic hydroxyl groups is 2. The Morgan fingerprint density at radius 1 is 1.32 bits per heavy atom. The number of nitrogens with one attached hydrogen (secondary N) is 1. The van der Waals surface area contributed by atoms with Gasteiger partial charge in [0.1, 0.15) is 17.5 Å². The van der Waals surface area contributed by atoms with Crippen LogP contribution in [0.4, 0.5) is 4.79 Å². The van der Waals surface area contributed by atoms with E-state index in [-0.39, 0.29) is 0 Å². The third-order valence-electron chi connectivity index (χ3n) is 3.49. The molecule has 2 atom stereocenters. The number of nitrogens with zero attached hydrogens (tertiary/aromatic N) is 2. The van der Waals surface area contributed by atoms with Crippen molar-refractivity contribution >= 4 is 6.09 Å². The number of alkyl carbamates (subject to hydrolysis) is 1. The molecule has 1 aromatic heterocycles. The molecule has 0 aliphatic carbocycles. The Balaban J connectivity index is 2.09. The van der Waals surface area contributed by atoms with Crippen LogP contribution in [-0.2, 0) is 11.3 Å². The number of carbonyl (C=O) groups is 1. The van der Waals surface area contributed by atoms with Crippen molar-refractivity contribution in [3.05, 3.63) is 54.1 Å². The van der Waals surface area contributed by atoms with E-state index in [9.17, 15) is 15.0 Å². The molecular formula is C18H25N3O4. The van der Waals surface area contributed by atoms with E-state index in [1.165, 1.54) is 0 Å². The smallest absolute Gasteiger partial charge is 0.408 e. The number of benzene rings is 1. The van der Waals surface area contributed by atoms with E-state index in [0.717, 1.165) is 5.56 Å². The lowest BCUT2D eigenvalue weighted by Gasteiger charge is -2.25. The van der Waals surface area contributed by atoms with Crippen molar-refractivity contribution in [2.45, 2.75) is 45.1 Å². The first-order chi connectivity index (χ1) is 11.8. The van der Waals surface area contributed by atoms with Gasteiger partial charge in [-0.2, -0.15) is 0 Å². The van der Waals surface area contributed by atoms with Crippen LogP contribution in [0.3, 0.4) is 0 Å². The molecule has 1 aromatic carbocycles.